The van der Waals surface area contributed by atoms with Crippen molar-refractivity contribution >= 4 is 11.0 Å². The lowest BCUT2D eigenvalue weighted by Crippen LogP contribution is -2.02. The van der Waals surface area contributed by atoms with Crippen LogP contribution in [0.1, 0.15) is 13.8 Å². The van der Waals surface area contributed by atoms with E-state index in [1.165, 1.54) is 0 Å². The van der Waals surface area contributed by atoms with E-state index in [9.17, 15) is 0 Å². The summed E-state index contributed by atoms with van der Waals surface area (Å²) in [5, 5.41) is 0. The highest BCUT2D eigenvalue weighted by Crippen LogP contribution is 2.20. The summed E-state index contributed by atoms with van der Waals surface area (Å²) >= 11 is 0. The van der Waals surface area contributed by atoms with E-state index >= 15 is 0 Å². The molecule has 0 unspecified atom stereocenters. The molecule has 0 N–H and O–H groups in total. The molecule has 2 rings (SSSR count). The van der Waals surface area contributed by atoms with Gasteiger partial charge in [0, 0.05) is 12.6 Å². The quantitative estimate of drug-likeness (QED) is 0.766. The minimum Gasteiger partial charge on any atom is -0.497 e. The molecule has 0 atom stereocenters. The molecule has 1 aromatic heterocycles. The molecule has 15 heavy (non-hydrogen) atoms. The molecule has 0 aliphatic rings. The van der Waals surface area contributed by atoms with Gasteiger partial charge in [-0.05, 0) is 18.1 Å². The number of benzene rings is 1. The zero-order valence-corrected chi connectivity index (χ0v) is 9.32. The number of fused-ring (bicyclic) bond motifs is 1. The maximum Gasteiger partial charge on any atom is 0.177 e. The fourth-order valence-electron chi connectivity index (χ4n) is 1.61. The number of ether oxygens (including phenoxy) is 1. The Morgan fingerprint density at radius 2 is 2.27 bits per heavy atom. The third-order valence-corrected chi connectivity index (χ3v) is 2.31. The van der Waals surface area contributed by atoms with Gasteiger partial charge in [0.2, 0.25) is 0 Å². The normalized spacial score (nSPS) is 11.2. The van der Waals surface area contributed by atoms with Gasteiger partial charge in [0.15, 0.2) is 6.33 Å². The summed E-state index contributed by atoms with van der Waals surface area (Å²) in [5.74, 6) is 1.45. The van der Waals surface area contributed by atoms with Crippen LogP contribution < -0.4 is 4.74 Å². The van der Waals surface area contributed by atoms with Gasteiger partial charge in [0.1, 0.15) is 5.75 Å². The number of imidazole rings is 1. The van der Waals surface area contributed by atoms with Crippen molar-refractivity contribution in [1.29, 1.82) is 0 Å². The van der Waals surface area contributed by atoms with E-state index < -0.39 is 0 Å². The van der Waals surface area contributed by atoms with E-state index in [0.29, 0.717) is 5.92 Å². The Balaban J connectivity index is 2.46. The number of hydrogen-bond acceptors (Lipinski definition) is 2. The molecule has 0 aliphatic carbocycles. The topological polar surface area (TPSA) is 27.1 Å². The van der Waals surface area contributed by atoms with Crippen molar-refractivity contribution in [3.05, 3.63) is 24.5 Å². The van der Waals surface area contributed by atoms with Crippen molar-refractivity contribution in [2.45, 2.75) is 20.4 Å². The molecule has 1 heterocycles. The van der Waals surface area contributed by atoms with Crippen LogP contribution in [0.25, 0.3) is 11.0 Å². The molecule has 0 amide bonds. The maximum atomic E-state index is 5.20. The van der Waals surface area contributed by atoms with Gasteiger partial charge >= 0.3 is 0 Å². The van der Waals surface area contributed by atoms with E-state index in [1.54, 1.807) is 7.11 Å². The molecule has 2 aromatic rings. The van der Waals surface area contributed by atoms with Gasteiger partial charge in [0.25, 0.3) is 0 Å². The Labute approximate surface area is 89.7 Å². The average molecular weight is 203 g/mol. The molecule has 1 aromatic carbocycles. The SMILES string of the molecule is COc1ccc2n[c]n(CC(C)C)c2c1. The summed E-state index contributed by atoms with van der Waals surface area (Å²) in [4.78, 5) is 4.23. The van der Waals surface area contributed by atoms with Gasteiger partial charge in [-0.1, -0.05) is 13.8 Å². The minimum absolute atomic E-state index is 0.588. The third kappa shape index (κ3) is 1.96. The molecule has 0 bridgehead atoms. The summed E-state index contributed by atoms with van der Waals surface area (Å²) in [7, 11) is 1.67. The van der Waals surface area contributed by atoms with Gasteiger partial charge in [-0.15, -0.1) is 0 Å². The number of methoxy groups -OCH3 is 1. The number of hydrogen-bond donors (Lipinski definition) is 0. The van der Waals surface area contributed by atoms with E-state index in [2.05, 4.69) is 25.2 Å². The monoisotopic (exact) mass is 203 g/mol. The number of aromatic nitrogens is 2. The van der Waals surface area contributed by atoms with Gasteiger partial charge in [-0.25, -0.2) is 4.98 Å². The largest absolute Gasteiger partial charge is 0.497 e. The number of nitrogens with zero attached hydrogens (tertiary/aromatic N) is 2. The lowest BCUT2D eigenvalue weighted by Gasteiger charge is -2.07. The Kier molecular flexibility index (Phi) is 2.62. The molecule has 0 saturated heterocycles. The Hall–Kier alpha value is -1.51. The van der Waals surface area contributed by atoms with Crippen molar-refractivity contribution in [3.63, 3.8) is 0 Å². The molecular formula is C12H15N2O. The van der Waals surface area contributed by atoms with Gasteiger partial charge in [0.05, 0.1) is 18.1 Å². The van der Waals surface area contributed by atoms with Crippen molar-refractivity contribution in [2.75, 3.05) is 7.11 Å². The molecule has 0 saturated carbocycles. The summed E-state index contributed by atoms with van der Waals surface area (Å²) < 4.78 is 7.24. The summed E-state index contributed by atoms with van der Waals surface area (Å²) in [6, 6.07) is 5.88. The highest BCUT2D eigenvalue weighted by Gasteiger charge is 2.05. The molecule has 0 spiro atoms. The molecule has 0 aliphatic heterocycles. The van der Waals surface area contributed by atoms with Crippen molar-refractivity contribution in [3.8, 4) is 5.75 Å². The van der Waals surface area contributed by atoms with Crippen LogP contribution in [0.4, 0.5) is 0 Å². The first-order chi connectivity index (χ1) is 7.20. The van der Waals surface area contributed by atoms with E-state index in [4.69, 9.17) is 4.74 Å². The fraction of sp³-hybridized carbons (Fsp3) is 0.417. The van der Waals surface area contributed by atoms with Gasteiger partial charge in [-0.3, -0.25) is 0 Å². The van der Waals surface area contributed by atoms with Crippen LogP contribution in [0.3, 0.4) is 0 Å². The lowest BCUT2D eigenvalue weighted by atomic mass is 10.2. The van der Waals surface area contributed by atoms with Crippen LogP contribution in [-0.2, 0) is 6.54 Å². The van der Waals surface area contributed by atoms with E-state index in [-0.39, 0.29) is 0 Å². The fourth-order valence-corrected chi connectivity index (χ4v) is 1.61. The highest BCUT2D eigenvalue weighted by atomic mass is 16.5. The van der Waals surface area contributed by atoms with Gasteiger partial charge in [-0.2, -0.15) is 0 Å². The van der Waals surface area contributed by atoms with Crippen molar-refractivity contribution < 1.29 is 4.74 Å². The third-order valence-electron chi connectivity index (χ3n) is 2.31. The first kappa shape index (κ1) is 10.0. The zero-order chi connectivity index (χ0) is 10.8. The highest BCUT2D eigenvalue weighted by molar-refractivity contribution is 5.76. The van der Waals surface area contributed by atoms with Crippen LogP contribution in [0.5, 0.6) is 5.75 Å². The van der Waals surface area contributed by atoms with Crippen LogP contribution in [0.2, 0.25) is 0 Å². The second kappa shape index (κ2) is 3.93. The Bertz CT molecular complexity index is 460. The molecule has 3 heteroatoms. The number of rotatable bonds is 3. The Morgan fingerprint density at radius 3 is 2.93 bits per heavy atom. The molecule has 0 fully saturated rings. The average Bonchev–Trinajstić information content (AvgIpc) is 2.60. The van der Waals surface area contributed by atoms with Crippen LogP contribution in [-0.4, -0.2) is 16.7 Å². The van der Waals surface area contributed by atoms with E-state index in [1.807, 2.05) is 22.8 Å². The molecule has 1 radical (unpaired) electrons. The zero-order valence-electron chi connectivity index (χ0n) is 9.32. The predicted molar refractivity (Wildman–Crippen MR) is 60.0 cm³/mol. The van der Waals surface area contributed by atoms with Crippen LogP contribution in [0, 0.1) is 12.2 Å². The second-order valence-electron chi connectivity index (χ2n) is 4.07. The minimum atomic E-state index is 0.588. The van der Waals surface area contributed by atoms with E-state index in [0.717, 1.165) is 23.3 Å². The maximum absolute atomic E-state index is 5.20. The van der Waals surface area contributed by atoms with Crippen LogP contribution in [0.15, 0.2) is 18.2 Å². The lowest BCUT2D eigenvalue weighted by molar-refractivity contribution is 0.415. The molecule has 79 valence electrons. The predicted octanol–water partition coefficient (Wildman–Crippen LogP) is 2.50. The first-order valence-electron chi connectivity index (χ1n) is 5.12. The van der Waals surface area contributed by atoms with Crippen molar-refractivity contribution in [1.82, 2.24) is 9.55 Å². The Morgan fingerprint density at radius 1 is 1.47 bits per heavy atom. The first-order valence-corrected chi connectivity index (χ1v) is 5.12. The molecular weight excluding hydrogens is 188 g/mol. The van der Waals surface area contributed by atoms with Crippen molar-refractivity contribution in [2.24, 2.45) is 5.92 Å². The molecule has 3 nitrogen and oxygen atoms in total. The standard InChI is InChI=1S/C12H15N2O/c1-9(2)7-14-8-13-11-5-4-10(15-3)6-12(11)14/h4-6,9H,7H2,1-3H3. The summed E-state index contributed by atoms with van der Waals surface area (Å²) in [5.41, 5.74) is 2.06. The summed E-state index contributed by atoms with van der Waals surface area (Å²) in [6.07, 6.45) is 3.01. The van der Waals surface area contributed by atoms with Crippen LogP contribution >= 0.6 is 0 Å². The summed E-state index contributed by atoms with van der Waals surface area (Å²) in [6.45, 7) is 5.29. The van der Waals surface area contributed by atoms with Gasteiger partial charge < -0.3 is 9.30 Å². The second-order valence-corrected chi connectivity index (χ2v) is 4.07. The smallest absolute Gasteiger partial charge is 0.177 e.